The molecule has 0 bridgehead atoms. The minimum absolute atomic E-state index is 0.0660. The highest BCUT2D eigenvalue weighted by molar-refractivity contribution is 5.96. The molecule has 1 aliphatic rings. The average Bonchev–Trinajstić information content (AvgIpc) is 3.10. The quantitative estimate of drug-likeness (QED) is 0.880. The number of aliphatic hydroxyl groups excluding tert-OH is 1. The molecule has 23 heavy (non-hydrogen) atoms. The number of carbonyl (C=O) groups excluding carboxylic acids is 1. The molecule has 1 saturated heterocycles. The Labute approximate surface area is 135 Å². The van der Waals surface area contributed by atoms with E-state index in [0.717, 1.165) is 29.9 Å². The molecule has 1 aromatic heterocycles. The Kier molecular flexibility index (Phi) is 4.68. The Hall–Kier alpha value is -2.25. The topological polar surface area (TPSA) is 74.5 Å². The lowest BCUT2D eigenvalue weighted by molar-refractivity contribution is 0.0614. The lowest BCUT2D eigenvalue weighted by Crippen LogP contribution is -2.49. The van der Waals surface area contributed by atoms with Crippen LogP contribution in [-0.4, -0.2) is 74.9 Å². The van der Waals surface area contributed by atoms with Crippen molar-refractivity contribution in [3.8, 4) is 5.69 Å². The van der Waals surface area contributed by atoms with Crippen molar-refractivity contribution in [1.82, 2.24) is 24.6 Å². The van der Waals surface area contributed by atoms with Crippen LogP contribution in [0.5, 0.6) is 0 Å². The molecule has 0 saturated carbocycles. The molecule has 0 atom stereocenters. The van der Waals surface area contributed by atoms with Gasteiger partial charge in [-0.25, -0.2) is 9.67 Å². The van der Waals surface area contributed by atoms with Crippen LogP contribution >= 0.6 is 0 Å². The molecule has 0 spiro atoms. The Morgan fingerprint density at radius 2 is 2.04 bits per heavy atom. The van der Waals surface area contributed by atoms with E-state index in [4.69, 9.17) is 5.11 Å². The van der Waals surface area contributed by atoms with Crippen molar-refractivity contribution in [3.63, 3.8) is 0 Å². The van der Waals surface area contributed by atoms with Crippen molar-refractivity contribution in [3.05, 3.63) is 42.0 Å². The fourth-order valence-corrected chi connectivity index (χ4v) is 2.86. The van der Waals surface area contributed by atoms with Gasteiger partial charge in [0.05, 0.1) is 12.3 Å². The summed E-state index contributed by atoms with van der Waals surface area (Å²) in [6.07, 6.45) is 3.12. The molecule has 1 amide bonds. The molecule has 3 rings (SSSR count). The Morgan fingerprint density at radius 1 is 1.26 bits per heavy atom. The molecule has 7 nitrogen and oxygen atoms in total. The van der Waals surface area contributed by atoms with Gasteiger partial charge in [-0.1, -0.05) is 0 Å². The number of β-amino-alcohol motifs (C(OH)–C–C–N with tert-alkyl or cyclic N) is 1. The van der Waals surface area contributed by atoms with E-state index in [0.29, 0.717) is 19.6 Å². The molecule has 1 aromatic carbocycles. The molecule has 0 radical (unpaired) electrons. The van der Waals surface area contributed by atoms with Crippen LogP contribution in [0.15, 0.2) is 30.9 Å². The lowest BCUT2D eigenvalue weighted by atomic mass is 10.1. The standard InChI is InChI=1S/C16H21N5O2/c1-13-10-14(21-12-17-11-18-21)2-3-15(13)16(23)20-6-4-19(5-7-20)8-9-22/h2-3,10-12,22H,4-9H2,1H3. The average molecular weight is 315 g/mol. The van der Waals surface area contributed by atoms with Crippen molar-refractivity contribution < 1.29 is 9.90 Å². The van der Waals surface area contributed by atoms with Crippen LogP contribution in [0.2, 0.25) is 0 Å². The molecule has 0 aliphatic carbocycles. The summed E-state index contributed by atoms with van der Waals surface area (Å²) in [5, 5.41) is 13.1. The first-order chi connectivity index (χ1) is 11.2. The van der Waals surface area contributed by atoms with Crippen LogP contribution in [0.4, 0.5) is 0 Å². The summed E-state index contributed by atoms with van der Waals surface area (Å²) in [5.41, 5.74) is 2.55. The number of aliphatic hydroxyl groups is 1. The number of carbonyl (C=O) groups is 1. The monoisotopic (exact) mass is 315 g/mol. The predicted octanol–water partition coefficient (Wildman–Crippen LogP) is 0.326. The van der Waals surface area contributed by atoms with E-state index in [9.17, 15) is 4.79 Å². The van der Waals surface area contributed by atoms with Crippen LogP contribution in [0.1, 0.15) is 15.9 Å². The second-order valence-corrected chi connectivity index (χ2v) is 5.70. The van der Waals surface area contributed by atoms with Crippen LogP contribution < -0.4 is 0 Å². The number of nitrogens with zero attached hydrogens (tertiary/aromatic N) is 5. The number of hydrogen-bond acceptors (Lipinski definition) is 5. The van der Waals surface area contributed by atoms with Crippen LogP contribution in [-0.2, 0) is 0 Å². The maximum Gasteiger partial charge on any atom is 0.254 e. The Balaban J connectivity index is 1.71. The number of benzene rings is 1. The highest BCUT2D eigenvalue weighted by atomic mass is 16.3. The molecular weight excluding hydrogens is 294 g/mol. The summed E-state index contributed by atoms with van der Waals surface area (Å²) in [6, 6.07) is 5.69. The molecule has 7 heteroatoms. The van der Waals surface area contributed by atoms with Crippen LogP contribution in [0.25, 0.3) is 5.69 Å². The van der Waals surface area contributed by atoms with Gasteiger partial charge in [-0.05, 0) is 30.7 Å². The Bertz CT molecular complexity index is 663. The maximum atomic E-state index is 12.7. The van der Waals surface area contributed by atoms with E-state index >= 15 is 0 Å². The van der Waals surface area contributed by atoms with Gasteiger partial charge in [0.15, 0.2) is 0 Å². The molecule has 1 fully saturated rings. The zero-order valence-corrected chi connectivity index (χ0v) is 13.2. The van der Waals surface area contributed by atoms with E-state index in [-0.39, 0.29) is 12.5 Å². The van der Waals surface area contributed by atoms with Crippen molar-refractivity contribution in [2.45, 2.75) is 6.92 Å². The van der Waals surface area contributed by atoms with Gasteiger partial charge in [0.2, 0.25) is 0 Å². The molecule has 1 aliphatic heterocycles. The lowest BCUT2D eigenvalue weighted by Gasteiger charge is -2.34. The van der Waals surface area contributed by atoms with E-state index in [2.05, 4.69) is 15.0 Å². The summed E-state index contributed by atoms with van der Waals surface area (Å²) < 4.78 is 1.68. The third-order valence-electron chi connectivity index (χ3n) is 4.20. The fraction of sp³-hybridized carbons (Fsp3) is 0.438. The second kappa shape index (κ2) is 6.89. The van der Waals surface area contributed by atoms with E-state index < -0.39 is 0 Å². The maximum absolute atomic E-state index is 12.7. The van der Waals surface area contributed by atoms with Gasteiger partial charge in [0.25, 0.3) is 5.91 Å². The molecule has 2 heterocycles. The van der Waals surface area contributed by atoms with Gasteiger partial charge in [-0.3, -0.25) is 9.69 Å². The first kappa shape index (κ1) is 15.6. The van der Waals surface area contributed by atoms with E-state index in [1.807, 2.05) is 30.0 Å². The summed E-state index contributed by atoms with van der Waals surface area (Å²) >= 11 is 0. The van der Waals surface area contributed by atoms with Crippen molar-refractivity contribution in [2.75, 3.05) is 39.3 Å². The largest absolute Gasteiger partial charge is 0.395 e. The van der Waals surface area contributed by atoms with Crippen molar-refractivity contribution in [2.24, 2.45) is 0 Å². The Morgan fingerprint density at radius 3 is 2.65 bits per heavy atom. The van der Waals surface area contributed by atoms with Gasteiger partial charge in [-0.2, -0.15) is 5.10 Å². The number of amides is 1. The number of rotatable bonds is 4. The third kappa shape index (κ3) is 3.40. The zero-order valence-electron chi connectivity index (χ0n) is 13.2. The van der Waals surface area contributed by atoms with E-state index in [1.165, 1.54) is 6.33 Å². The first-order valence-electron chi connectivity index (χ1n) is 7.77. The molecule has 122 valence electrons. The number of aryl methyl sites for hydroxylation is 1. The third-order valence-corrected chi connectivity index (χ3v) is 4.20. The SMILES string of the molecule is Cc1cc(-n2cncn2)ccc1C(=O)N1CCN(CCO)CC1. The van der Waals surface area contributed by atoms with Crippen molar-refractivity contribution >= 4 is 5.91 Å². The van der Waals surface area contributed by atoms with Gasteiger partial charge in [-0.15, -0.1) is 0 Å². The molecular formula is C16H21N5O2. The van der Waals surface area contributed by atoms with Gasteiger partial charge in [0, 0.05) is 38.3 Å². The minimum atomic E-state index is 0.0660. The zero-order chi connectivity index (χ0) is 16.2. The smallest absolute Gasteiger partial charge is 0.254 e. The number of hydrogen-bond donors (Lipinski definition) is 1. The van der Waals surface area contributed by atoms with Gasteiger partial charge in [0.1, 0.15) is 12.7 Å². The predicted molar refractivity (Wildman–Crippen MR) is 85.5 cm³/mol. The first-order valence-corrected chi connectivity index (χ1v) is 7.77. The summed E-state index contributed by atoms with van der Waals surface area (Å²) in [5.74, 6) is 0.0660. The van der Waals surface area contributed by atoms with Crippen LogP contribution in [0, 0.1) is 6.92 Å². The summed E-state index contributed by atoms with van der Waals surface area (Å²) in [6.45, 7) is 5.79. The highest BCUT2D eigenvalue weighted by Crippen LogP contribution is 2.17. The number of piperazine rings is 1. The normalized spacial score (nSPS) is 15.8. The van der Waals surface area contributed by atoms with Gasteiger partial charge < -0.3 is 10.0 Å². The highest BCUT2D eigenvalue weighted by Gasteiger charge is 2.22. The fourth-order valence-electron chi connectivity index (χ4n) is 2.86. The minimum Gasteiger partial charge on any atom is -0.395 e. The molecule has 1 N–H and O–H groups in total. The number of aromatic nitrogens is 3. The molecule has 2 aromatic rings. The molecule has 0 unspecified atom stereocenters. The van der Waals surface area contributed by atoms with E-state index in [1.54, 1.807) is 11.0 Å². The van der Waals surface area contributed by atoms with Crippen LogP contribution in [0.3, 0.4) is 0 Å². The van der Waals surface area contributed by atoms with Gasteiger partial charge >= 0.3 is 0 Å². The second-order valence-electron chi connectivity index (χ2n) is 5.70. The summed E-state index contributed by atoms with van der Waals surface area (Å²) in [7, 11) is 0. The van der Waals surface area contributed by atoms with Crippen molar-refractivity contribution in [1.29, 1.82) is 0 Å². The summed E-state index contributed by atoms with van der Waals surface area (Å²) in [4.78, 5) is 20.7.